The van der Waals surface area contributed by atoms with E-state index in [9.17, 15) is 4.79 Å². The minimum absolute atomic E-state index is 0.148. The van der Waals surface area contributed by atoms with Crippen molar-refractivity contribution in [1.29, 1.82) is 0 Å². The van der Waals surface area contributed by atoms with Crippen LogP contribution in [0.1, 0.15) is 36.8 Å². The van der Waals surface area contributed by atoms with Gasteiger partial charge >= 0.3 is 0 Å². The average molecular weight is 352 g/mol. The minimum Gasteiger partial charge on any atom is -0.489 e. The molecule has 0 atom stereocenters. The van der Waals surface area contributed by atoms with Crippen molar-refractivity contribution in [2.75, 3.05) is 13.1 Å². The van der Waals surface area contributed by atoms with Crippen molar-refractivity contribution in [3.63, 3.8) is 0 Å². The zero-order valence-corrected chi connectivity index (χ0v) is 15.2. The third-order valence-corrected chi connectivity index (χ3v) is 4.87. The van der Waals surface area contributed by atoms with E-state index in [1.165, 1.54) is 12.8 Å². The number of carbonyl (C=O) groups is 1. The monoisotopic (exact) mass is 352 g/mol. The Kier molecular flexibility index (Phi) is 7.08. The SMILES string of the molecule is O=C(CCC1CCNCC1)NCc1cccc(COc2ccccc2)c1. The number of ether oxygens (including phenoxy) is 1. The minimum atomic E-state index is 0.148. The smallest absolute Gasteiger partial charge is 0.220 e. The number of rotatable bonds is 8. The van der Waals surface area contributed by atoms with Crippen LogP contribution >= 0.6 is 0 Å². The van der Waals surface area contributed by atoms with Crippen molar-refractivity contribution < 1.29 is 9.53 Å². The first-order chi connectivity index (χ1) is 12.8. The highest BCUT2D eigenvalue weighted by atomic mass is 16.5. The lowest BCUT2D eigenvalue weighted by atomic mass is 9.93. The highest BCUT2D eigenvalue weighted by molar-refractivity contribution is 5.75. The molecule has 0 unspecified atom stereocenters. The molecule has 0 radical (unpaired) electrons. The van der Waals surface area contributed by atoms with Crippen LogP contribution in [0.4, 0.5) is 0 Å². The predicted octanol–water partition coefficient (Wildman–Crippen LogP) is 3.66. The Morgan fingerprint density at radius 2 is 1.81 bits per heavy atom. The van der Waals surface area contributed by atoms with Gasteiger partial charge in [-0.2, -0.15) is 0 Å². The van der Waals surface area contributed by atoms with Gasteiger partial charge in [-0.15, -0.1) is 0 Å². The Morgan fingerprint density at radius 1 is 1.04 bits per heavy atom. The van der Waals surface area contributed by atoms with Gasteiger partial charge in [0.1, 0.15) is 12.4 Å². The summed E-state index contributed by atoms with van der Waals surface area (Å²) in [6.45, 7) is 3.28. The number of amides is 1. The summed E-state index contributed by atoms with van der Waals surface area (Å²) in [4.78, 5) is 12.1. The van der Waals surface area contributed by atoms with Gasteiger partial charge in [-0.25, -0.2) is 0 Å². The van der Waals surface area contributed by atoms with E-state index in [1.54, 1.807) is 0 Å². The Labute approximate surface area is 156 Å². The summed E-state index contributed by atoms with van der Waals surface area (Å²) in [6.07, 6.45) is 4.01. The molecule has 1 saturated heterocycles. The van der Waals surface area contributed by atoms with Crippen LogP contribution in [-0.2, 0) is 17.9 Å². The number of para-hydroxylation sites is 1. The van der Waals surface area contributed by atoms with Gasteiger partial charge in [0, 0.05) is 13.0 Å². The molecule has 2 aromatic carbocycles. The number of nitrogens with one attached hydrogen (secondary N) is 2. The maximum absolute atomic E-state index is 12.1. The van der Waals surface area contributed by atoms with Crippen LogP contribution in [0.5, 0.6) is 5.75 Å². The molecular weight excluding hydrogens is 324 g/mol. The normalized spacial score (nSPS) is 14.8. The molecule has 138 valence electrons. The van der Waals surface area contributed by atoms with E-state index in [0.717, 1.165) is 36.4 Å². The third-order valence-electron chi connectivity index (χ3n) is 4.87. The molecule has 2 N–H and O–H groups in total. The van der Waals surface area contributed by atoms with E-state index in [4.69, 9.17) is 4.74 Å². The first-order valence-electron chi connectivity index (χ1n) is 9.53. The fourth-order valence-electron chi connectivity index (χ4n) is 3.31. The molecule has 0 bridgehead atoms. The van der Waals surface area contributed by atoms with Crippen LogP contribution in [0.25, 0.3) is 0 Å². The van der Waals surface area contributed by atoms with Crippen LogP contribution in [0.2, 0.25) is 0 Å². The third kappa shape index (κ3) is 6.19. The lowest BCUT2D eigenvalue weighted by molar-refractivity contribution is -0.121. The molecular formula is C22H28N2O2. The van der Waals surface area contributed by atoms with Crippen molar-refractivity contribution in [2.24, 2.45) is 5.92 Å². The van der Waals surface area contributed by atoms with E-state index in [0.29, 0.717) is 25.5 Å². The summed E-state index contributed by atoms with van der Waals surface area (Å²) in [5.74, 6) is 1.71. The van der Waals surface area contributed by atoms with Crippen molar-refractivity contribution in [2.45, 2.75) is 38.8 Å². The highest BCUT2D eigenvalue weighted by Crippen LogP contribution is 2.17. The fourth-order valence-corrected chi connectivity index (χ4v) is 3.31. The molecule has 1 fully saturated rings. The summed E-state index contributed by atoms with van der Waals surface area (Å²) in [5.41, 5.74) is 2.21. The van der Waals surface area contributed by atoms with E-state index < -0.39 is 0 Å². The molecule has 0 aliphatic carbocycles. The van der Waals surface area contributed by atoms with Crippen LogP contribution in [-0.4, -0.2) is 19.0 Å². The Hall–Kier alpha value is -2.33. The molecule has 3 rings (SSSR count). The van der Waals surface area contributed by atoms with Gasteiger partial charge in [0.05, 0.1) is 0 Å². The van der Waals surface area contributed by atoms with Crippen molar-refractivity contribution in [1.82, 2.24) is 10.6 Å². The van der Waals surface area contributed by atoms with E-state index in [1.807, 2.05) is 48.5 Å². The first-order valence-corrected chi connectivity index (χ1v) is 9.53. The van der Waals surface area contributed by atoms with Gasteiger partial charge in [0.2, 0.25) is 5.91 Å². The maximum Gasteiger partial charge on any atom is 0.220 e. The zero-order valence-electron chi connectivity index (χ0n) is 15.2. The van der Waals surface area contributed by atoms with Gasteiger partial charge in [-0.05, 0) is 61.5 Å². The first kappa shape index (κ1) is 18.5. The molecule has 4 nitrogen and oxygen atoms in total. The lowest BCUT2D eigenvalue weighted by Gasteiger charge is -2.22. The zero-order chi connectivity index (χ0) is 18.0. The van der Waals surface area contributed by atoms with Crippen molar-refractivity contribution >= 4 is 5.91 Å². The van der Waals surface area contributed by atoms with Gasteiger partial charge in [-0.3, -0.25) is 4.79 Å². The van der Waals surface area contributed by atoms with Gasteiger partial charge < -0.3 is 15.4 Å². The van der Waals surface area contributed by atoms with Crippen LogP contribution < -0.4 is 15.4 Å². The summed E-state index contributed by atoms with van der Waals surface area (Å²) in [5, 5.41) is 6.41. The molecule has 2 aromatic rings. The molecule has 1 aliphatic heterocycles. The molecule has 26 heavy (non-hydrogen) atoms. The summed E-state index contributed by atoms with van der Waals surface area (Å²) < 4.78 is 5.79. The quantitative estimate of drug-likeness (QED) is 0.762. The van der Waals surface area contributed by atoms with E-state index in [-0.39, 0.29) is 5.91 Å². The Bertz CT molecular complexity index is 682. The predicted molar refractivity (Wildman–Crippen MR) is 104 cm³/mol. The molecule has 0 spiro atoms. The number of benzene rings is 2. The maximum atomic E-state index is 12.1. The molecule has 1 amide bonds. The second-order valence-corrected chi connectivity index (χ2v) is 6.93. The second kappa shape index (κ2) is 9.97. The molecule has 1 heterocycles. The summed E-state index contributed by atoms with van der Waals surface area (Å²) in [6, 6.07) is 18.0. The summed E-state index contributed by atoms with van der Waals surface area (Å²) in [7, 11) is 0. The van der Waals surface area contributed by atoms with Gasteiger partial charge in [0.25, 0.3) is 0 Å². The molecule has 0 saturated carbocycles. The lowest BCUT2D eigenvalue weighted by Crippen LogP contribution is -2.29. The molecule has 1 aliphatic rings. The molecule has 0 aromatic heterocycles. The van der Waals surface area contributed by atoms with Crippen LogP contribution in [0.15, 0.2) is 54.6 Å². The standard InChI is InChI=1S/C22H28N2O2/c25-22(10-9-18-11-13-23-14-12-18)24-16-19-5-4-6-20(15-19)17-26-21-7-2-1-3-8-21/h1-8,15,18,23H,9-14,16-17H2,(H,24,25). The van der Waals surface area contributed by atoms with E-state index in [2.05, 4.69) is 16.7 Å². The van der Waals surface area contributed by atoms with Crippen LogP contribution in [0.3, 0.4) is 0 Å². The highest BCUT2D eigenvalue weighted by Gasteiger charge is 2.14. The fraction of sp³-hybridized carbons (Fsp3) is 0.409. The molecule has 4 heteroatoms. The van der Waals surface area contributed by atoms with Crippen LogP contribution in [0, 0.1) is 5.92 Å². The number of hydrogen-bond donors (Lipinski definition) is 2. The largest absolute Gasteiger partial charge is 0.489 e. The number of hydrogen-bond acceptors (Lipinski definition) is 3. The number of carbonyl (C=O) groups excluding carboxylic acids is 1. The topological polar surface area (TPSA) is 50.4 Å². The van der Waals surface area contributed by atoms with Crippen molar-refractivity contribution in [3.8, 4) is 5.75 Å². The average Bonchev–Trinajstić information content (AvgIpc) is 2.71. The van der Waals surface area contributed by atoms with Crippen molar-refractivity contribution in [3.05, 3.63) is 65.7 Å². The second-order valence-electron chi connectivity index (χ2n) is 6.93. The number of piperidine rings is 1. The Balaban J connectivity index is 1.40. The van der Waals surface area contributed by atoms with Gasteiger partial charge in [0.15, 0.2) is 0 Å². The summed E-state index contributed by atoms with van der Waals surface area (Å²) >= 11 is 0. The van der Waals surface area contributed by atoms with Gasteiger partial charge in [-0.1, -0.05) is 42.5 Å². The Morgan fingerprint density at radius 3 is 2.62 bits per heavy atom. The van der Waals surface area contributed by atoms with E-state index >= 15 is 0 Å².